The van der Waals surface area contributed by atoms with Crippen LogP contribution >= 0.6 is 11.6 Å². The lowest BCUT2D eigenvalue weighted by Gasteiger charge is -2.13. The summed E-state index contributed by atoms with van der Waals surface area (Å²) in [7, 11) is 0. The highest BCUT2D eigenvalue weighted by molar-refractivity contribution is 6.40. The summed E-state index contributed by atoms with van der Waals surface area (Å²) in [6, 6.07) is 17.1. The van der Waals surface area contributed by atoms with Gasteiger partial charge in [0.05, 0.1) is 16.8 Å². The third-order valence-corrected chi connectivity index (χ3v) is 5.27. The van der Waals surface area contributed by atoms with E-state index in [1.165, 1.54) is 12.1 Å². The molecule has 4 rings (SSSR count). The van der Waals surface area contributed by atoms with Crippen LogP contribution in [0.25, 0.3) is 11.3 Å². The molecule has 0 atom stereocenters. The molecule has 0 aromatic heterocycles. The van der Waals surface area contributed by atoms with E-state index in [0.29, 0.717) is 38.7 Å². The summed E-state index contributed by atoms with van der Waals surface area (Å²) in [5.41, 5.74) is 3.33. The first-order chi connectivity index (χ1) is 13.8. The number of carbonyl (C=O) groups is 1. The Bertz CT molecular complexity index is 1150. The summed E-state index contributed by atoms with van der Waals surface area (Å²) in [6.45, 7) is 1.88. The number of Topliss-reactive ketones (excluding diaryl/α,β-unsaturated/α-hetero) is 1. The number of hydrogen-bond acceptors (Lipinski definition) is 2. The van der Waals surface area contributed by atoms with Crippen molar-refractivity contribution in [3.05, 3.63) is 99.6 Å². The van der Waals surface area contributed by atoms with Crippen LogP contribution in [-0.2, 0) is 6.18 Å². The van der Waals surface area contributed by atoms with E-state index in [-0.39, 0.29) is 5.78 Å². The van der Waals surface area contributed by atoms with Crippen LogP contribution < -0.4 is 5.32 Å². The number of fused-ring (bicyclic) bond motifs is 1. The number of hydrogen-bond donors (Lipinski definition) is 1. The molecule has 0 saturated carbocycles. The Labute approximate surface area is 170 Å². The first kappa shape index (κ1) is 19.3. The van der Waals surface area contributed by atoms with Crippen molar-refractivity contribution >= 4 is 34.3 Å². The summed E-state index contributed by atoms with van der Waals surface area (Å²) >= 11 is 6.21. The molecule has 0 saturated heterocycles. The van der Waals surface area contributed by atoms with Crippen LogP contribution in [0.15, 0.2) is 66.7 Å². The molecule has 0 aliphatic heterocycles. The fourth-order valence-electron chi connectivity index (χ4n) is 3.33. The molecule has 0 spiro atoms. The van der Waals surface area contributed by atoms with Gasteiger partial charge in [0.25, 0.3) is 0 Å². The van der Waals surface area contributed by atoms with E-state index in [2.05, 4.69) is 5.32 Å². The fraction of sp³-hybridized carbons (Fsp3) is 0.0870. The van der Waals surface area contributed by atoms with Crippen LogP contribution in [0.2, 0.25) is 5.02 Å². The molecule has 2 nitrogen and oxygen atoms in total. The summed E-state index contributed by atoms with van der Waals surface area (Å²) in [5.74, 6) is -0.235. The van der Waals surface area contributed by atoms with Crippen LogP contribution in [0.3, 0.4) is 0 Å². The number of benzene rings is 3. The predicted octanol–water partition coefficient (Wildman–Crippen LogP) is 6.84. The van der Waals surface area contributed by atoms with E-state index in [9.17, 15) is 18.0 Å². The third-order valence-electron chi connectivity index (χ3n) is 4.86. The van der Waals surface area contributed by atoms with E-state index in [1.807, 2.05) is 31.2 Å². The zero-order valence-electron chi connectivity index (χ0n) is 15.3. The highest BCUT2D eigenvalue weighted by Crippen LogP contribution is 2.40. The molecule has 0 unspecified atom stereocenters. The van der Waals surface area contributed by atoms with Crippen molar-refractivity contribution in [2.45, 2.75) is 13.1 Å². The lowest BCUT2D eigenvalue weighted by atomic mass is 10.00. The highest BCUT2D eigenvalue weighted by Gasteiger charge is 2.33. The zero-order valence-corrected chi connectivity index (χ0v) is 16.0. The second kappa shape index (κ2) is 7.08. The van der Waals surface area contributed by atoms with E-state index in [4.69, 9.17) is 11.6 Å². The maximum atomic E-state index is 13.1. The van der Waals surface area contributed by atoms with Crippen molar-refractivity contribution in [3.63, 3.8) is 0 Å². The van der Waals surface area contributed by atoms with Gasteiger partial charge in [-0.3, -0.25) is 4.79 Å². The molecule has 0 radical (unpaired) electrons. The molecular weight excluding hydrogens is 399 g/mol. The smallest absolute Gasteiger partial charge is 0.354 e. The van der Waals surface area contributed by atoms with Crippen LogP contribution in [0.4, 0.5) is 18.9 Å². The Morgan fingerprint density at radius 1 is 0.897 bits per heavy atom. The topological polar surface area (TPSA) is 29.1 Å². The number of carbonyl (C=O) groups excluding carboxylic acids is 1. The van der Waals surface area contributed by atoms with Crippen molar-refractivity contribution in [2.24, 2.45) is 0 Å². The van der Waals surface area contributed by atoms with E-state index in [1.54, 1.807) is 18.2 Å². The molecule has 0 bridgehead atoms. The van der Waals surface area contributed by atoms with E-state index < -0.39 is 11.7 Å². The first-order valence-electron chi connectivity index (χ1n) is 8.85. The normalized spacial score (nSPS) is 13.6. The van der Waals surface area contributed by atoms with Crippen LogP contribution in [-0.4, -0.2) is 5.78 Å². The molecule has 0 heterocycles. The second-order valence-corrected chi connectivity index (χ2v) is 7.20. The van der Waals surface area contributed by atoms with Gasteiger partial charge in [0, 0.05) is 21.8 Å². The van der Waals surface area contributed by atoms with Crippen molar-refractivity contribution in [2.75, 3.05) is 5.32 Å². The van der Waals surface area contributed by atoms with Crippen molar-refractivity contribution in [1.29, 1.82) is 0 Å². The summed E-state index contributed by atoms with van der Waals surface area (Å²) < 4.78 is 38.8. The maximum Gasteiger partial charge on any atom is 0.416 e. The van der Waals surface area contributed by atoms with Gasteiger partial charge >= 0.3 is 6.18 Å². The Morgan fingerprint density at radius 2 is 1.55 bits per heavy atom. The lowest BCUT2D eigenvalue weighted by molar-refractivity contribution is -0.137. The number of halogens is 4. The van der Waals surface area contributed by atoms with Crippen molar-refractivity contribution in [1.82, 2.24) is 0 Å². The maximum absolute atomic E-state index is 13.1. The van der Waals surface area contributed by atoms with Crippen molar-refractivity contribution in [3.8, 4) is 0 Å². The Hall–Kier alpha value is -3.05. The van der Waals surface area contributed by atoms with Crippen LogP contribution in [0, 0.1) is 6.92 Å². The number of nitrogens with one attached hydrogen (secondary N) is 1. The average Bonchev–Trinajstić information content (AvgIpc) is 2.96. The number of anilines is 1. The van der Waals surface area contributed by atoms with Gasteiger partial charge in [0.15, 0.2) is 5.78 Å². The molecular formula is C23H15ClF3NO. The van der Waals surface area contributed by atoms with E-state index in [0.717, 1.165) is 17.7 Å². The number of rotatable bonds is 3. The summed E-state index contributed by atoms with van der Waals surface area (Å²) in [5, 5.41) is 3.81. The van der Waals surface area contributed by atoms with Gasteiger partial charge < -0.3 is 5.32 Å². The quantitative estimate of drug-likeness (QED) is 0.509. The molecule has 3 aromatic rings. The minimum Gasteiger partial charge on any atom is -0.354 e. The second-order valence-electron chi connectivity index (χ2n) is 6.79. The van der Waals surface area contributed by atoms with Gasteiger partial charge in [-0.05, 0) is 42.3 Å². The monoisotopic (exact) mass is 413 g/mol. The van der Waals surface area contributed by atoms with Crippen molar-refractivity contribution < 1.29 is 18.0 Å². The SMILES string of the molecule is Cc1ccc(NC2=C(c3ccc(C(F)(F)F)cc3)C(=O)c3ccccc32)cc1Cl. The van der Waals surface area contributed by atoms with Crippen LogP contribution in [0.1, 0.15) is 32.6 Å². The Balaban J connectivity index is 1.84. The predicted molar refractivity (Wildman–Crippen MR) is 109 cm³/mol. The largest absolute Gasteiger partial charge is 0.416 e. The third kappa shape index (κ3) is 3.54. The van der Waals surface area contributed by atoms with Gasteiger partial charge in [-0.25, -0.2) is 0 Å². The summed E-state index contributed by atoms with van der Waals surface area (Å²) in [4.78, 5) is 13.1. The van der Waals surface area contributed by atoms with E-state index >= 15 is 0 Å². The summed E-state index contributed by atoms with van der Waals surface area (Å²) in [6.07, 6.45) is -4.44. The molecule has 0 amide bonds. The number of ketones is 1. The number of alkyl halides is 3. The minimum absolute atomic E-state index is 0.235. The molecule has 1 aliphatic rings. The minimum atomic E-state index is -4.44. The number of aryl methyl sites for hydroxylation is 1. The van der Waals surface area contributed by atoms with Gasteiger partial charge in [-0.1, -0.05) is 54.1 Å². The Morgan fingerprint density at radius 3 is 2.17 bits per heavy atom. The molecule has 3 aromatic carbocycles. The van der Waals surface area contributed by atoms with Gasteiger partial charge in [-0.2, -0.15) is 13.2 Å². The number of allylic oxidation sites excluding steroid dienone is 1. The fourth-order valence-corrected chi connectivity index (χ4v) is 3.51. The van der Waals surface area contributed by atoms with Gasteiger partial charge in [0.1, 0.15) is 0 Å². The first-order valence-corrected chi connectivity index (χ1v) is 9.22. The Kier molecular flexibility index (Phi) is 4.71. The van der Waals surface area contributed by atoms with Crippen LogP contribution in [0.5, 0.6) is 0 Å². The molecule has 1 N–H and O–H groups in total. The lowest BCUT2D eigenvalue weighted by Crippen LogP contribution is -2.06. The molecule has 1 aliphatic carbocycles. The average molecular weight is 414 g/mol. The zero-order chi connectivity index (χ0) is 20.8. The standard InChI is InChI=1S/C23H15ClF3NO/c1-13-6-11-16(12-19(13)24)28-21-17-4-2-3-5-18(17)22(29)20(21)14-7-9-15(10-8-14)23(25,26)27/h2-12,28H,1H3. The van der Waals surface area contributed by atoms with Gasteiger partial charge in [0.2, 0.25) is 0 Å². The highest BCUT2D eigenvalue weighted by atomic mass is 35.5. The van der Waals surface area contributed by atoms with Gasteiger partial charge in [-0.15, -0.1) is 0 Å². The molecule has 6 heteroatoms. The molecule has 0 fully saturated rings. The molecule has 146 valence electrons. The molecule has 29 heavy (non-hydrogen) atoms.